The van der Waals surface area contributed by atoms with E-state index in [4.69, 9.17) is 0 Å². The van der Waals surface area contributed by atoms with Gasteiger partial charge in [-0.1, -0.05) is 56.3 Å². The summed E-state index contributed by atoms with van der Waals surface area (Å²) in [6, 6.07) is 10.4. The predicted octanol–water partition coefficient (Wildman–Crippen LogP) is 2.93. The highest BCUT2D eigenvalue weighted by molar-refractivity contribution is 5.48. The summed E-state index contributed by atoms with van der Waals surface area (Å²) in [5, 5.41) is 8.67. The summed E-state index contributed by atoms with van der Waals surface area (Å²) in [7, 11) is 0. The lowest BCUT2D eigenvalue weighted by molar-refractivity contribution is 0.237. The summed E-state index contributed by atoms with van der Waals surface area (Å²) in [6.07, 6.45) is 4.41. The van der Waals surface area contributed by atoms with Gasteiger partial charge in [0.25, 0.3) is 0 Å². The molecule has 1 aromatic heterocycles. The van der Waals surface area contributed by atoms with Crippen molar-refractivity contribution in [3.63, 3.8) is 0 Å². The Labute approximate surface area is 126 Å². The average Bonchev–Trinajstić information content (AvgIpc) is 2.91. The van der Waals surface area contributed by atoms with E-state index in [1.165, 1.54) is 5.56 Å². The summed E-state index contributed by atoms with van der Waals surface area (Å²) >= 11 is 0. The van der Waals surface area contributed by atoms with E-state index < -0.39 is 0 Å². The topological polar surface area (TPSA) is 34.0 Å². The van der Waals surface area contributed by atoms with Crippen LogP contribution in [0.25, 0.3) is 6.08 Å². The van der Waals surface area contributed by atoms with Crippen LogP contribution in [0.15, 0.2) is 36.4 Å². The molecule has 2 aromatic rings. The van der Waals surface area contributed by atoms with Crippen molar-refractivity contribution >= 4 is 6.08 Å². The lowest BCUT2D eigenvalue weighted by Gasteiger charge is -2.27. The average molecular weight is 282 g/mol. The zero-order chi connectivity index (χ0) is 14.7. The third-order valence-corrected chi connectivity index (χ3v) is 3.85. The molecule has 3 rings (SSSR count). The van der Waals surface area contributed by atoms with Crippen LogP contribution in [0.3, 0.4) is 0 Å². The molecule has 1 aromatic carbocycles. The van der Waals surface area contributed by atoms with Crippen molar-refractivity contribution in [1.82, 2.24) is 19.7 Å². The van der Waals surface area contributed by atoms with Gasteiger partial charge >= 0.3 is 0 Å². The normalized spacial score (nSPS) is 15.8. The highest BCUT2D eigenvalue weighted by Crippen LogP contribution is 2.18. The molecule has 110 valence electrons. The molecule has 0 spiro atoms. The van der Waals surface area contributed by atoms with Gasteiger partial charge in [0.1, 0.15) is 11.6 Å². The maximum atomic E-state index is 4.34. The minimum atomic E-state index is 0.441. The van der Waals surface area contributed by atoms with Crippen LogP contribution in [0.1, 0.15) is 37.0 Å². The van der Waals surface area contributed by atoms with E-state index in [9.17, 15) is 0 Å². The van der Waals surface area contributed by atoms with Crippen molar-refractivity contribution in [3.05, 3.63) is 53.6 Å². The first-order chi connectivity index (χ1) is 10.2. The Morgan fingerprint density at radius 3 is 2.71 bits per heavy atom. The molecule has 4 nitrogen and oxygen atoms in total. The van der Waals surface area contributed by atoms with Crippen LogP contribution < -0.4 is 0 Å². The summed E-state index contributed by atoms with van der Waals surface area (Å²) in [5.74, 6) is 2.65. The molecule has 21 heavy (non-hydrogen) atoms. The van der Waals surface area contributed by atoms with Gasteiger partial charge in [-0.3, -0.25) is 4.90 Å². The van der Waals surface area contributed by atoms with Crippen LogP contribution in [0.2, 0.25) is 0 Å². The number of aromatic nitrogens is 3. The number of nitrogens with zero attached hydrogens (tertiary/aromatic N) is 4. The number of rotatable bonds is 4. The highest BCUT2D eigenvalue weighted by Gasteiger charge is 2.21. The SMILES string of the molecule is CC(C)c1nnc2n1CCN(CC=Cc1ccccc1)C2. The largest absolute Gasteiger partial charge is 0.312 e. The number of hydrogen-bond donors (Lipinski definition) is 0. The fourth-order valence-electron chi connectivity index (χ4n) is 2.72. The van der Waals surface area contributed by atoms with E-state index >= 15 is 0 Å². The Hall–Kier alpha value is -1.94. The summed E-state index contributed by atoms with van der Waals surface area (Å²) in [4.78, 5) is 2.41. The zero-order valence-electron chi connectivity index (χ0n) is 12.7. The monoisotopic (exact) mass is 282 g/mol. The lowest BCUT2D eigenvalue weighted by Crippen LogP contribution is -2.34. The molecule has 0 N–H and O–H groups in total. The van der Waals surface area contributed by atoms with Crippen molar-refractivity contribution in [2.24, 2.45) is 0 Å². The minimum absolute atomic E-state index is 0.441. The molecule has 0 saturated heterocycles. The Kier molecular flexibility index (Phi) is 4.15. The molecule has 2 heterocycles. The Bertz CT molecular complexity index is 613. The van der Waals surface area contributed by atoms with Crippen LogP contribution in [0, 0.1) is 0 Å². The number of benzene rings is 1. The van der Waals surface area contributed by atoms with E-state index in [0.29, 0.717) is 5.92 Å². The van der Waals surface area contributed by atoms with Gasteiger partial charge < -0.3 is 4.57 Å². The van der Waals surface area contributed by atoms with Gasteiger partial charge in [-0.15, -0.1) is 10.2 Å². The molecule has 0 fully saturated rings. The first-order valence-electron chi connectivity index (χ1n) is 7.60. The molecular formula is C17H22N4. The Balaban J connectivity index is 1.61. The quantitative estimate of drug-likeness (QED) is 0.864. The van der Waals surface area contributed by atoms with E-state index in [2.05, 4.69) is 69.9 Å². The summed E-state index contributed by atoms with van der Waals surface area (Å²) in [5.41, 5.74) is 1.25. The fraction of sp³-hybridized carbons (Fsp3) is 0.412. The maximum absolute atomic E-state index is 4.34. The van der Waals surface area contributed by atoms with Crippen molar-refractivity contribution in [2.45, 2.75) is 32.9 Å². The molecule has 0 bridgehead atoms. The molecule has 1 aliphatic heterocycles. The van der Waals surface area contributed by atoms with Crippen LogP contribution >= 0.6 is 0 Å². The smallest absolute Gasteiger partial charge is 0.147 e. The van der Waals surface area contributed by atoms with Crippen LogP contribution in [-0.4, -0.2) is 32.8 Å². The fourth-order valence-corrected chi connectivity index (χ4v) is 2.72. The maximum Gasteiger partial charge on any atom is 0.147 e. The molecule has 0 unspecified atom stereocenters. The predicted molar refractivity (Wildman–Crippen MR) is 84.9 cm³/mol. The molecule has 0 aliphatic carbocycles. The van der Waals surface area contributed by atoms with Crippen molar-refractivity contribution in [2.75, 3.05) is 13.1 Å². The Morgan fingerprint density at radius 1 is 1.14 bits per heavy atom. The first-order valence-corrected chi connectivity index (χ1v) is 7.60. The van der Waals surface area contributed by atoms with E-state index in [0.717, 1.165) is 37.8 Å². The van der Waals surface area contributed by atoms with Gasteiger partial charge in [-0.25, -0.2) is 0 Å². The standard InChI is InChI=1S/C17H22N4/c1-14(2)17-19-18-16-13-20(11-12-21(16)17)10-6-9-15-7-4-3-5-8-15/h3-9,14H,10-13H2,1-2H3. The zero-order valence-corrected chi connectivity index (χ0v) is 12.7. The first kappa shape index (κ1) is 14.0. The van der Waals surface area contributed by atoms with Gasteiger partial charge in [-0.2, -0.15) is 0 Å². The summed E-state index contributed by atoms with van der Waals surface area (Å²) in [6.45, 7) is 8.25. The van der Waals surface area contributed by atoms with Gasteiger partial charge in [0.2, 0.25) is 0 Å². The molecule has 0 saturated carbocycles. The lowest BCUT2D eigenvalue weighted by atomic mass is 10.2. The van der Waals surface area contributed by atoms with E-state index in [-0.39, 0.29) is 0 Å². The van der Waals surface area contributed by atoms with Crippen molar-refractivity contribution in [1.29, 1.82) is 0 Å². The van der Waals surface area contributed by atoms with Gasteiger partial charge in [0.05, 0.1) is 6.54 Å². The second kappa shape index (κ2) is 6.22. The van der Waals surface area contributed by atoms with Crippen LogP contribution in [0.4, 0.5) is 0 Å². The minimum Gasteiger partial charge on any atom is -0.312 e. The van der Waals surface area contributed by atoms with Gasteiger partial charge in [-0.05, 0) is 5.56 Å². The second-order valence-corrected chi connectivity index (χ2v) is 5.83. The third-order valence-electron chi connectivity index (χ3n) is 3.85. The second-order valence-electron chi connectivity index (χ2n) is 5.83. The van der Waals surface area contributed by atoms with E-state index in [1.807, 2.05) is 6.07 Å². The van der Waals surface area contributed by atoms with Crippen molar-refractivity contribution < 1.29 is 0 Å². The molecule has 0 radical (unpaired) electrons. The molecular weight excluding hydrogens is 260 g/mol. The van der Waals surface area contributed by atoms with E-state index in [1.54, 1.807) is 0 Å². The Morgan fingerprint density at radius 2 is 1.95 bits per heavy atom. The molecule has 1 aliphatic rings. The van der Waals surface area contributed by atoms with Gasteiger partial charge in [0.15, 0.2) is 0 Å². The summed E-state index contributed by atoms with van der Waals surface area (Å²) < 4.78 is 2.28. The third kappa shape index (κ3) is 3.22. The number of fused-ring (bicyclic) bond motifs is 1. The van der Waals surface area contributed by atoms with Gasteiger partial charge in [0, 0.05) is 25.6 Å². The molecule has 4 heteroatoms. The molecule has 0 amide bonds. The van der Waals surface area contributed by atoms with Crippen LogP contribution in [-0.2, 0) is 13.1 Å². The van der Waals surface area contributed by atoms with Crippen molar-refractivity contribution in [3.8, 4) is 0 Å². The number of hydrogen-bond acceptors (Lipinski definition) is 3. The molecule has 0 atom stereocenters. The van der Waals surface area contributed by atoms with Crippen LogP contribution in [0.5, 0.6) is 0 Å². The highest BCUT2D eigenvalue weighted by atomic mass is 15.3.